The van der Waals surface area contributed by atoms with Gasteiger partial charge in [-0.2, -0.15) is 0 Å². The predicted molar refractivity (Wildman–Crippen MR) is 69.9 cm³/mol. The van der Waals surface area contributed by atoms with Gasteiger partial charge in [0.1, 0.15) is 11.5 Å². The molecule has 4 nitrogen and oxygen atoms in total. The number of carbonyl (C=O) groups is 2. The third-order valence-corrected chi connectivity index (χ3v) is 2.60. The number of benzene rings is 2. The number of para-hydroxylation sites is 1. The van der Waals surface area contributed by atoms with Crippen molar-refractivity contribution in [1.29, 1.82) is 0 Å². The highest BCUT2D eigenvalue weighted by molar-refractivity contribution is 5.96. The second-order valence-electron chi connectivity index (χ2n) is 3.98. The molecule has 0 atom stereocenters. The Morgan fingerprint density at radius 2 is 1.63 bits per heavy atom. The van der Waals surface area contributed by atoms with Crippen LogP contribution in [0.25, 0.3) is 0 Å². The molecular weight excluding hydrogens is 244 g/mol. The van der Waals surface area contributed by atoms with Crippen LogP contribution in [0.3, 0.4) is 0 Å². The zero-order valence-electron chi connectivity index (χ0n) is 10.3. The SMILES string of the molecule is CC(=O)c1ccccc1Oc1ccc(C(=O)O)cc1. The van der Waals surface area contributed by atoms with E-state index in [1.807, 2.05) is 0 Å². The molecule has 2 rings (SSSR count). The van der Waals surface area contributed by atoms with Gasteiger partial charge in [0.15, 0.2) is 5.78 Å². The molecule has 0 amide bonds. The summed E-state index contributed by atoms with van der Waals surface area (Å²) in [7, 11) is 0. The molecule has 0 spiro atoms. The molecule has 0 aliphatic rings. The summed E-state index contributed by atoms with van der Waals surface area (Å²) in [6.07, 6.45) is 0. The van der Waals surface area contributed by atoms with Crippen LogP contribution in [0.4, 0.5) is 0 Å². The number of carboxylic acid groups (broad SMARTS) is 1. The first-order valence-corrected chi connectivity index (χ1v) is 5.69. The molecule has 0 bridgehead atoms. The second-order valence-corrected chi connectivity index (χ2v) is 3.98. The second kappa shape index (κ2) is 5.35. The van der Waals surface area contributed by atoms with Gasteiger partial charge in [0.25, 0.3) is 0 Å². The van der Waals surface area contributed by atoms with E-state index in [0.29, 0.717) is 17.1 Å². The topological polar surface area (TPSA) is 63.6 Å². The van der Waals surface area contributed by atoms with Gasteiger partial charge in [-0.25, -0.2) is 4.79 Å². The fourth-order valence-corrected chi connectivity index (χ4v) is 1.64. The van der Waals surface area contributed by atoms with Gasteiger partial charge in [-0.05, 0) is 43.3 Å². The van der Waals surface area contributed by atoms with Gasteiger partial charge in [0, 0.05) is 0 Å². The molecule has 0 saturated carbocycles. The maximum absolute atomic E-state index is 11.4. The average Bonchev–Trinajstić information content (AvgIpc) is 2.39. The smallest absolute Gasteiger partial charge is 0.335 e. The summed E-state index contributed by atoms with van der Waals surface area (Å²) >= 11 is 0. The monoisotopic (exact) mass is 256 g/mol. The number of hydrogen-bond acceptors (Lipinski definition) is 3. The van der Waals surface area contributed by atoms with Crippen molar-refractivity contribution in [2.75, 3.05) is 0 Å². The van der Waals surface area contributed by atoms with Crippen LogP contribution < -0.4 is 4.74 Å². The Kier molecular flexibility index (Phi) is 3.61. The Labute approximate surface area is 110 Å². The van der Waals surface area contributed by atoms with Crippen LogP contribution in [-0.4, -0.2) is 16.9 Å². The Hall–Kier alpha value is -2.62. The lowest BCUT2D eigenvalue weighted by atomic mass is 10.1. The number of carboxylic acids is 1. The molecule has 2 aromatic rings. The molecule has 0 aliphatic heterocycles. The van der Waals surface area contributed by atoms with E-state index < -0.39 is 5.97 Å². The van der Waals surface area contributed by atoms with E-state index in [1.165, 1.54) is 19.1 Å². The molecular formula is C15H12O4. The van der Waals surface area contributed by atoms with Gasteiger partial charge in [0.05, 0.1) is 11.1 Å². The van der Waals surface area contributed by atoms with E-state index in [4.69, 9.17) is 9.84 Å². The van der Waals surface area contributed by atoms with E-state index in [-0.39, 0.29) is 11.3 Å². The maximum atomic E-state index is 11.4. The Bertz CT molecular complexity index is 614. The summed E-state index contributed by atoms with van der Waals surface area (Å²) in [5, 5.41) is 8.80. The van der Waals surface area contributed by atoms with Gasteiger partial charge < -0.3 is 9.84 Å². The van der Waals surface area contributed by atoms with E-state index >= 15 is 0 Å². The maximum Gasteiger partial charge on any atom is 0.335 e. The van der Waals surface area contributed by atoms with E-state index in [9.17, 15) is 9.59 Å². The van der Waals surface area contributed by atoms with Crippen LogP contribution in [0.5, 0.6) is 11.5 Å². The predicted octanol–water partition coefficient (Wildman–Crippen LogP) is 3.38. The molecule has 4 heteroatoms. The highest BCUT2D eigenvalue weighted by Gasteiger charge is 2.09. The number of carbonyl (C=O) groups excluding carboxylic acids is 1. The zero-order chi connectivity index (χ0) is 13.8. The van der Waals surface area contributed by atoms with Gasteiger partial charge in [0.2, 0.25) is 0 Å². The molecule has 0 aromatic heterocycles. The normalized spacial score (nSPS) is 9.95. The lowest BCUT2D eigenvalue weighted by Crippen LogP contribution is -1.98. The van der Waals surface area contributed by atoms with Crippen LogP contribution in [-0.2, 0) is 0 Å². The van der Waals surface area contributed by atoms with Crippen LogP contribution in [0.2, 0.25) is 0 Å². The number of ketones is 1. The van der Waals surface area contributed by atoms with Gasteiger partial charge in [-0.1, -0.05) is 12.1 Å². The molecule has 19 heavy (non-hydrogen) atoms. The molecule has 0 saturated heterocycles. The number of Topliss-reactive ketones (excluding diaryl/α,β-unsaturated/α-hetero) is 1. The molecule has 0 unspecified atom stereocenters. The summed E-state index contributed by atoms with van der Waals surface area (Å²) in [6, 6.07) is 12.9. The minimum Gasteiger partial charge on any atom is -0.478 e. The fourth-order valence-electron chi connectivity index (χ4n) is 1.64. The van der Waals surface area contributed by atoms with Crippen LogP contribution in [0.1, 0.15) is 27.6 Å². The fraction of sp³-hybridized carbons (Fsp3) is 0.0667. The summed E-state index contributed by atoms with van der Waals surface area (Å²) in [5.74, 6) is -0.134. The third kappa shape index (κ3) is 2.98. The van der Waals surface area contributed by atoms with Crippen LogP contribution in [0.15, 0.2) is 48.5 Å². The summed E-state index contributed by atoms with van der Waals surface area (Å²) in [6.45, 7) is 1.47. The zero-order valence-corrected chi connectivity index (χ0v) is 10.3. The van der Waals surface area contributed by atoms with Crippen LogP contribution in [0, 0.1) is 0 Å². The summed E-state index contributed by atoms with van der Waals surface area (Å²) < 4.78 is 5.59. The Balaban J connectivity index is 2.26. The molecule has 0 fully saturated rings. The highest BCUT2D eigenvalue weighted by atomic mass is 16.5. The van der Waals surface area contributed by atoms with Gasteiger partial charge >= 0.3 is 5.97 Å². The molecule has 0 heterocycles. The number of rotatable bonds is 4. The Morgan fingerprint density at radius 1 is 1.00 bits per heavy atom. The first-order chi connectivity index (χ1) is 9.08. The van der Waals surface area contributed by atoms with E-state index in [2.05, 4.69) is 0 Å². The lowest BCUT2D eigenvalue weighted by molar-refractivity contribution is 0.0696. The number of aromatic carboxylic acids is 1. The van der Waals surface area contributed by atoms with E-state index in [0.717, 1.165) is 0 Å². The van der Waals surface area contributed by atoms with Crippen molar-refractivity contribution < 1.29 is 19.4 Å². The largest absolute Gasteiger partial charge is 0.478 e. The first kappa shape index (κ1) is 12.8. The average molecular weight is 256 g/mol. The van der Waals surface area contributed by atoms with Crippen molar-refractivity contribution in [3.63, 3.8) is 0 Å². The molecule has 2 aromatic carbocycles. The van der Waals surface area contributed by atoms with E-state index in [1.54, 1.807) is 36.4 Å². The highest BCUT2D eigenvalue weighted by Crippen LogP contribution is 2.25. The third-order valence-electron chi connectivity index (χ3n) is 2.60. The standard InChI is InChI=1S/C15H12O4/c1-10(16)13-4-2-3-5-14(13)19-12-8-6-11(7-9-12)15(17)18/h2-9H,1H3,(H,17,18). The Morgan fingerprint density at radius 3 is 2.21 bits per heavy atom. The van der Waals surface area contributed by atoms with Crippen molar-refractivity contribution in [3.8, 4) is 11.5 Å². The first-order valence-electron chi connectivity index (χ1n) is 5.69. The molecule has 96 valence electrons. The lowest BCUT2D eigenvalue weighted by Gasteiger charge is -2.09. The number of ether oxygens (including phenoxy) is 1. The molecule has 0 aliphatic carbocycles. The van der Waals surface area contributed by atoms with Gasteiger partial charge in [-0.3, -0.25) is 4.79 Å². The van der Waals surface area contributed by atoms with Crippen molar-refractivity contribution in [3.05, 3.63) is 59.7 Å². The van der Waals surface area contributed by atoms with Crippen molar-refractivity contribution in [1.82, 2.24) is 0 Å². The van der Waals surface area contributed by atoms with Gasteiger partial charge in [-0.15, -0.1) is 0 Å². The van der Waals surface area contributed by atoms with Crippen molar-refractivity contribution in [2.45, 2.75) is 6.92 Å². The molecule has 0 radical (unpaired) electrons. The minimum atomic E-state index is -0.990. The number of hydrogen-bond donors (Lipinski definition) is 1. The van der Waals surface area contributed by atoms with Crippen molar-refractivity contribution >= 4 is 11.8 Å². The quantitative estimate of drug-likeness (QED) is 0.852. The summed E-state index contributed by atoms with van der Waals surface area (Å²) in [4.78, 5) is 22.2. The minimum absolute atomic E-state index is 0.0854. The van der Waals surface area contributed by atoms with Crippen LogP contribution >= 0.6 is 0 Å². The summed E-state index contributed by atoms with van der Waals surface area (Å²) in [5.41, 5.74) is 0.678. The van der Waals surface area contributed by atoms with Crippen molar-refractivity contribution in [2.24, 2.45) is 0 Å². The molecule has 1 N–H and O–H groups in total.